The van der Waals surface area contributed by atoms with E-state index in [-0.39, 0.29) is 6.10 Å². The van der Waals surface area contributed by atoms with Crippen molar-refractivity contribution in [3.8, 4) is 0 Å². The van der Waals surface area contributed by atoms with E-state index in [9.17, 15) is 0 Å². The van der Waals surface area contributed by atoms with Crippen LogP contribution in [0.4, 0.5) is 0 Å². The normalized spacial score (nSPS) is 13.2. The van der Waals surface area contributed by atoms with Gasteiger partial charge >= 0.3 is 0 Å². The highest BCUT2D eigenvalue weighted by molar-refractivity contribution is 4.48. The molecule has 0 aliphatic heterocycles. The number of unbranched alkanes of at least 4 members (excludes halogenated alkanes) is 2. The molecule has 0 aliphatic rings. The Morgan fingerprint density at radius 3 is 2.50 bits per heavy atom. The van der Waals surface area contributed by atoms with E-state index in [2.05, 4.69) is 33.2 Å². The number of hydrogen-bond acceptors (Lipinski definition) is 4. The van der Waals surface area contributed by atoms with Crippen molar-refractivity contribution in [2.45, 2.75) is 65.9 Å². The molecule has 1 atom stereocenters. The van der Waals surface area contributed by atoms with Gasteiger partial charge in [0.25, 0.3) is 0 Å². The lowest BCUT2D eigenvalue weighted by Crippen LogP contribution is -2.34. The summed E-state index contributed by atoms with van der Waals surface area (Å²) in [5.41, 5.74) is 3.01. The molecule has 0 radical (unpaired) electrons. The van der Waals surface area contributed by atoms with Crippen LogP contribution >= 0.6 is 0 Å². The summed E-state index contributed by atoms with van der Waals surface area (Å²) in [7, 11) is 0. The van der Waals surface area contributed by atoms with Crippen molar-refractivity contribution in [3.63, 3.8) is 0 Å². The van der Waals surface area contributed by atoms with Crippen molar-refractivity contribution < 1.29 is 9.68 Å². The minimum Gasteiger partial charge on any atom is -0.299 e. The van der Waals surface area contributed by atoms with Crippen molar-refractivity contribution in [1.29, 1.82) is 0 Å². The number of rotatable bonds is 13. The first-order chi connectivity index (χ1) is 8.74. The third-order valence-electron chi connectivity index (χ3n) is 2.82. The van der Waals surface area contributed by atoms with Crippen LogP contribution in [0.5, 0.6) is 0 Å². The maximum atomic E-state index is 5.69. The molecular weight excluding hydrogens is 228 g/mol. The van der Waals surface area contributed by atoms with Gasteiger partial charge in [-0.2, -0.15) is 5.06 Å². The molecule has 4 nitrogen and oxygen atoms in total. The van der Waals surface area contributed by atoms with Gasteiger partial charge < -0.3 is 0 Å². The molecular formula is C14H32N2O2. The van der Waals surface area contributed by atoms with Crippen LogP contribution in [0, 0.1) is 0 Å². The fourth-order valence-corrected chi connectivity index (χ4v) is 1.70. The van der Waals surface area contributed by atoms with Gasteiger partial charge in [0.05, 0.1) is 12.7 Å². The molecule has 0 fully saturated rings. The van der Waals surface area contributed by atoms with Gasteiger partial charge in [-0.15, -0.1) is 0 Å². The first-order valence-corrected chi connectivity index (χ1v) is 7.50. The minimum absolute atomic E-state index is 0.288. The summed E-state index contributed by atoms with van der Waals surface area (Å²) in [6, 6.07) is 0. The second-order valence-corrected chi connectivity index (χ2v) is 4.67. The molecule has 0 bridgehead atoms. The molecule has 0 aromatic rings. The first kappa shape index (κ1) is 17.8. The van der Waals surface area contributed by atoms with Crippen LogP contribution in [-0.4, -0.2) is 37.4 Å². The van der Waals surface area contributed by atoms with E-state index in [1.54, 1.807) is 0 Å². The van der Waals surface area contributed by atoms with Crippen molar-refractivity contribution in [2.24, 2.45) is 0 Å². The Bertz CT molecular complexity index is 168. The van der Waals surface area contributed by atoms with Crippen molar-refractivity contribution in [1.82, 2.24) is 10.5 Å². The largest absolute Gasteiger partial charge is 0.299 e. The summed E-state index contributed by atoms with van der Waals surface area (Å²) < 4.78 is 0. The monoisotopic (exact) mass is 260 g/mol. The standard InChI is InChI=1S/C14H32N2O2/c1-5-8-9-13-17-16(7-3)12-11-15-18-14(4)10-6-2/h14-15H,5-13H2,1-4H3. The lowest BCUT2D eigenvalue weighted by Gasteiger charge is -2.20. The molecule has 4 heteroatoms. The van der Waals surface area contributed by atoms with E-state index >= 15 is 0 Å². The highest BCUT2D eigenvalue weighted by Gasteiger charge is 2.03. The molecule has 0 rings (SSSR count). The van der Waals surface area contributed by atoms with E-state index < -0.39 is 0 Å². The van der Waals surface area contributed by atoms with Gasteiger partial charge in [0.2, 0.25) is 0 Å². The Labute approximate surface area is 113 Å². The van der Waals surface area contributed by atoms with Crippen molar-refractivity contribution >= 4 is 0 Å². The van der Waals surface area contributed by atoms with Crippen LogP contribution in [0.2, 0.25) is 0 Å². The van der Waals surface area contributed by atoms with E-state index in [1.807, 2.05) is 5.06 Å². The molecule has 0 spiro atoms. The quantitative estimate of drug-likeness (QED) is 0.407. The smallest absolute Gasteiger partial charge is 0.0762 e. The van der Waals surface area contributed by atoms with Gasteiger partial charge in [-0.05, 0) is 19.8 Å². The van der Waals surface area contributed by atoms with Crippen LogP contribution in [0.15, 0.2) is 0 Å². The number of hydroxylamine groups is 3. The molecule has 0 aliphatic carbocycles. The molecule has 0 saturated carbocycles. The summed E-state index contributed by atoms with van der Waals surface area (Å²) in [6.45, 7) is 12.0. The second kappa shape index (κ2) is 13.3. The molecule has 18 heavy (non-hydrogen) atoms. The predicted molar refractivity (Wildman–Crippen MR) is 76.2 cm³/mol. The Morgan fingerprint density at radius 1 is 1.11 bits per heavy atom. The molecule has 0 saturated heterocycles. The third kappa shape index (κ3) is 11.0. The number of hydrogen-bond donors (Lipinski definition) is 1. The Balaban J connectivity index is 3.43. The zero-order valence-electron chi connectivity index (χ0n) is 12.7. The van der Waals surface area contributed by atoms with Gasteiger partial charge in [0.1, 0.15) is 0 Å². The Hall–Kier alpha value is -0.160. The summed E-state index contributed by atoms with van der Waals surface area (Å²) in [4.78, 5) is 11.2. The summed E-state index contributed by atoms with van der Waals surface area (Å²) in [5, 5.41) is 2.00. The second-order valence-electron chi connectivity index (χ2n) is 4.67. The lowest BCUT2D eigenvalue weighted by molar-refractivity contribution is -0.161. The SMILES string of the molecule is CCCCCON(CC)CCNOC(C)CCC. The zero-order valence-corrected chi connectivity index (χ0v) is 12.7. The molecule has 1 unspecified atom stereocenters. The summed E-state index contributed by atoms with van der Waals surface area (Å²) in [6.07, 6.45) is 6.16. The van der Waals surface area contributed by atoms with Gasteiger partial charge in [-0.3, -0.25) is 9.68 Å². The van der Waals surface area contributed by atoms with E-state index in [4.69, 9.17) is 9.68 Å². The molecule has 110 valence electrons. The topological polar surface area (TPSA) is 33.7 Å². The number of likely N-dealkylation sites (N-methyl/N-ethyl adjacent to an activating group) is 1. The zero-order chi connectivity index (χ0) is 13.6. The van der Waals surface area contributed by atoms with E-state index in [1.165, 1.54) is 12.8 Å². The van der Waals surface area contributed by atoms with Crippen LogP contribution in [0.1, 0.15) is 59.8 Å². The maximum absolute atomic E-state index is 5.69. The van der Waals surface area contributed by atoms with Crippen LogP contribution in [0.25, 0.3) is 0 Å². The third-order valence-corrected chi connectivity index (χ3v) is 2.82. The molecule has 0 aromatic carbocycles. The Morgan fingerprint density at radius 2 is 1.89 bits per heavy atom. The summed E-state index contributed by atoms with van der Waals surface area (Å²) >= 11 is 0. The van der Waals surface area contributed by atoms with Gasteiger partial charge in [-0.1, -0.05) is 40.0 Å². The van der Waals surface area contributed by atoms with Crippen LogP contribution in [0.3, 0.4) is 0 Å². The predicted octanol–water partition coefficient (Wildman–Crippen LogP) is 3.14. The fourth-order valence-electron chi connectivity index (χ4n) is 1.70. The number of nitrogens with one attached hydrogen (secondary N) is 1. The molecule has 0 heterocycles. The maximum Gasteiger partial charge on any atom is 0.0762 e. The van der Waals surface area contributed by atoms with Crippen molar-refractivity contribution in [3.05, 3.63) is 0 Å². The van der Waals surface area contributed by atoms with Gasteiger partial charge in [0.15, 0.2) is 0 Å². The highest BCUT2D eigenvalue weighted by atomic mass is 16.7. The van der Waals surface area contributed by atoms with E-state index in [0.717, 1.165) is 45.5 Å². The average Bonchev–Trinajstić information content (AvgIpc) is 2.37. The fraction of sp³-hybridized carbons (Fsp3) is 1.00. The van der Waals surface area contributed by atoms with Crippen LogP contribution < -0.4 is 5.48 Å². The lowest BCUT2D eigenvalue weighted by atomic mass is 10.2. The molecule has 1 N–H and O–H groups in total. The van der Waals surface area contributed by atoms with E-state index in [0.29, 0.717) is 0 Å². The number of nitrogens with zero attached hydrogens (tertiary/aromatic N) is 1. The van der Waals surface area contributed by atoms with Gasteiger partial charge in [0, 0.05) is 19.6 Å². The Kier molecular flexibility index (Phi) is 13.2. The average molecular weight is 260 g/mol. The molecule has 0 aromatic heterocycles. The van der Waals surface area contributed by atoms with Crippen LogP contribution in [-0.2, 0) is 9.68 Å². The van der Waals surface area contributed by atoms with Gasteiger partial charge in [-0.25, -0.2) is 5.48 Å². The first-order valence-electron chi connectivity index (χ1n) is 7.50. The van der Waals surface area contributed by atoms with Crippen molar-refractivity contribution in [2.75, 3.05) is 26.2 Å². The summed E-state index contributed by atoms with van der Waals surface area (Å²) in [5.74, 6) is 0. The molecule has 0 amide bonds. The highest BCUT2D eigenvalue weighted by Crippen LogP contribution is 1.99. The minimum atomic E-state index is 0.288.